The molecule has 0 saturated heterocycles. The molecular formula is C11H20ClFN4O3. The number of rotatable bonds is 7. The van der Waals surface area contributed by atoms with Crippen LogP contribution in [0.4, 0.5) is 4.39 Å². The van der Waals surface area contributed by atoms with E-state index < -0.39 is 29.4 Å². The normalized spacial score (nSPS) is 13.7. The molecule has 2 atom stereocenters. The van der Waals surface area contributed by atoms with Crippen LogP contribution in [0.1, 0.15) is 26.7 Å². The van der Waals surface area contributed by atoms with E-state index in [1.807, 2.05) is 13.8 Å². The van der Waals surface area contributed by atoms with Crippen LogP contribution in [0.3, 0.4) is 0 Å². The minimum absolute atomic E-state index is 0.174. The van der Waals surface area contributed by atoms with Crippen LogP contribution in [-0.2, 0) is 14.4 Å². The Bertz CT molecular complexity index is 366. The third-order valence-electron chi connectivity index (χ3n) is 2.34. The molecule has 9 heteroatoms. The smallest absolute Gasteiger partial charge is 0.291 e. The van der Waals surface area contributed by atoms with Gasteiger partial charge in [-0.15, -0.1) is 0 Å². The van der Waals surface area contributed by atoms with E-state index in [-0.39, 0.29) is 18.9 Å². The number of hydrazine groups is 1. The monoisotopic (exact) mass is 310 g/mol. The van der Waals surface area contributed by atoms with E-state index in [2.05, 4.69) is 5.43 Å². The van der Waals surface area contributed by atoms with Gasteiger partial charge in [0.05, 0.1) is 12.6 Å². The van der Waals surface area contributed by atoms with Crippen LogP contribution < -0.4 is 16.9 Å². The molecule has 0 aromatic carbocycles. The van der Waals surface area contributed by atoms with Gasteiger partial charge in [0.25, 0.3) is 17.4 Å². The maximum absolute atomic E-state index is 12.8. The first kappa shape index (κ1) is 18.6. The van der Waals surface area contributed by atoms with E-state index in [1.165, 1.54) is 0 Å². The Labute approximate surface area is 121 Å². The first-order valence-electron chi connectivity index (χ1n) is 6.09. The molecule has 0 radical (unpaired) electrons. The minimum Gasteiger partial charge on any atom is -0.370 e. The van der Waals surface area contributed by atoms with Crippen molar-refractivity contribution >= 4 is 29.3 Å². The highest BCUT2D eigenvalue weighted by Gasteiger charge is 2.25. The SMILES string of the molecule is CC(C)C[C@H](N)C(=O)NN(CCC(N)=O)C(=O)C(F)Cl. The summed E-state index contributed by atoms with van der Waals surface area (Å²) in [5.41, 5.74) is 10.4. The average molecular weight is 311 g/mol. The first-order valence-corrected chi connectivity index (χ1v) is 6.52. The van der Waals surface area contributed by atoms with Crippen molar-refractivity contribution in [3.05, 3.63) is 0 Å². The Morgan fingerprint density at radius 1 is 1.35 bits per heavy atom. The molecule has 0 spiro atoms. The van der Waals surface area contributed by atoms with Crippen molar-refractivity contribution in [2.24, 2.45) is 17.4 Å². The summed E-state index contributed by atoms with van der Waals surface area (Å²) in [5.74, 6) is -2.37. The molecule has 3 amide bonds. The van der Waals surface area contributed by atoms with E-state index in [0.717, 1.165) is 0 Å². The number of primary amides is 1. The number of carbonyl (C=O) groups excluding carboxylic acids is 3. The lowest BCUT2D eigenvalue weighted by atomic mass is 10.0. The van der Waals surface area contributed by atoms with E-state index in [0.29, 0.717) is 11.4 Å². The zero-order valence-corrected chi connectivity index (χ0v) is 12.2. The van der Waals surface area contributed by atoms with Crippen molar-refractivity contribution in [3.63, 3.8) is 0 Å². The minimum atomic E-state index is -2.33. The highest BCUT2D eigenvalue weighted by atomic mass is 35.5. The van der Waals surface area contributed by atoms with Gasteiger partial charge in [-0.2, -0.15) is 0 Å². The maximum atomic E-state index is 12.8. The van der Waals surface area contributed by atoms with Crippen molar-refractivity contribution in [1.82, 2.24) is 10.4 Å². The number of nitrogens with two attached hydrogens (primary N) is 2. The third-order valence-corrected chi connectivity index (χ3v) is 2.53. The van der Waals surface area contributed by atoms with Gasteiger partial charge in [0.1, 0.15) is 0 Å². The summed E-state index contributed by atoms with van der Waals surface area (Å²) in [6.45, 7) is 3.47. The molecule has 1 unspecified atom stereocenters. The lowest BCUT2D eigenvalue weighted by Gasteiger charge is -2.25. The van der Waals surface area contributed by atoms with Crippen LogP contribution in [0.2, 0.25) is 0 Å². The van der Waals surface area contributed by atoms with Crippen LogP contribution in [0.25, 0.3) is 0 Å². The van der Waals surface area contributed by atoms with Gasteiger partial charge < -0.3 is 11.5 Å². The molecule has 0 aliphatic carbocycles. The summed E-state index contributed by atoms with van der Waals surface area (Å²) in [7, 11) is 0. The summed E-state index contributed by atoms with van der Waals surface area (Å²) in [6, 6.07) is -0.854. The van der Waals surface area contributed by atoms with Crippen molar-refractivity contribution in [2.75, 3.05) is 6.54 Å². The maximum Gasteiger partial charge on any atom is 0.291 e. The second-order valence-electron chi connectivity index (χ2n) is 4.72. The first-order chi connectivity index (χ1) is 9.15. The van der Waals surface area contributed by atoms with Gasteiger partial charge in [0.15, 0.2) is 0 Å². The third kappa shape index (κ3) is 7.25. The number of carbonyl (C=O) groups is 3. The molecule has 0 fully saturated rings. The number of hydrogen-bond acceptors (Lipinski definition) is 4. The topological polar surface area (TPSA) is 119 Å². The summed E-state index contributed by atoms with van der Waals surface area (Å²) in [6.07, 6.45) is 0.151. The predicted octanol–water partition coefficient (Wildman–Crippen LogP) is -0.371. The summed E-state index contributed by atoms with van der Waals surface area (Å²) < 4.78 is 12.8. The molecule has 0 aliphatic rings. The average Bonchev–Trinajstić information content (AvgIpc) is 2.31. The highest BCUT2D eigenvalue weighted by molar-refractivity contribution is 6.29. The summed E-state index contributed by atoms with van der Waals surface area (Å²) >= 11 is 5.03. The van der Waals surface area contributed by atoms with Gasteiger partial charge >= 0.3 is 0 Å². The molecule has 116 valence electrons. The highest BCUT2D eigenvalue weighted by Crippen LogP contribution is 2.05. The number of nitrogens with zero attached hydrogens (tertiary/aromatic N) is 1. The summed E-state index contributed by atoms with van der Waals surface area (Å²) in [5, 5.41) is 0.616. The molecule has 5 N–H and O–H groups in total. The Morgan fingerprint density at radius 2 is 1.90 bits per heavy atom. The Kier molecular flexibility index (Phi) is 8.09. The standard InChI is InChI=1S/C11H20ClFN4O3/c1-6(2)5-7(14)10(19)16-17(4-3-8(15)18)11(20)9(12)13/h6-7,9H,3-5,14H2,1-2H3,(H2,15,18)(H,16,19)/t7-,9?/m0/s1. The van der Waals surface area contributed by atoms with Crippen LogP contribution in [0.15, 0.2) is 0 Å². The fourth-order valence-electron chi connectivity index (χ4n) is 1.39. The molecule has 7 nitrogen and oxygen atoms in total. The molecule has 0 aromatic heterocycles. The van der Waals surface area contributed by atoms with Crippen LogP contribution >= 0.6 is 11.6 Å². The van der Waals surface area contributed by atoms with Crippen LogP contribution in [0.5, 0.6) is 0 Å². The molecule has 0 aliphatic heterocycles. The van der Waals surface area contributed by atoms with Gasteiger partial charge in [-0.25, -0.2) is 9.40 Å². The van der Waals surface area contributed by atoms with Gasteiger partial charge in [0.2, 0.25) is 5.91 Å². The van der Waals surface area contributed by atoms with Gasteiger partial charge in [-0.05, 0) is 12.3 Å². The molecular weight excluding hydrogens is 291 g/mol. The van der Waals surface area contributed by atoms with Crippen LogP contribution in [-0.4, -0.2) is 40.9 Å². The fourth-order valence-corrected chi connectivity index (χ4v) is 1.51. The van der Waals surface area contributed by atoms with Gasteiger partial charge in [-0.1, -0.05) is 25.4 Å². The van der Waals surface area contributed by atoms with E-state index in [1.54, 1.807) is 0 Å². The fraction of sp³-hybridized carbons (Fsp3) is 0.727. The Hall–Kier alpha value is -1.41. The number of halogens is 2. The molecule has 0 rings (SSSR count). The predicted molar refractivity (Wildman–Crippen MR) is 71.8 cm³/mol. The Balaban J connectivity index is 4.66. The lowest BCUT2D eigenvalue weighted by molar-refractivity contribution is -0.144. The van der Waals surface area contributed by atoms with Crippen molar-refractivity contribution in [3.8, 4) is 0 Å². The lowest BCUT2D eigenvalue weighted by Crippen LogP contribution is -2.54. The van der Waals surface area contributed by atoms with Crippen LogP contribution in [0, 0.1) is 5.92 Å². The second-order valence-corrected chi connectivity index (χ2v) is 5.10. The zero-order chi connectivity index (χ0) is 15.9. The number of alkyl halides is 2. The molecule has 0 aromatic rings. The Morgan fingerprint density at radius 3 is 2.30 bits per heavy atom. The van der Waals surface area contributed by atoms with E-state index in [9.17, 15) is 18.8 Å². The number of hydrogen-bond donors (Lipinski definition) is 3. The van der Waals surface area contributed by atoms with Crippen molar-refractivity contribution < 1.29 is 18.8 Å². The molecule has 20 heavy (non-hydrogen) atoms. The van der Waals surface area contributed by atoms with E-state index >= 15 is 0 Å². The van der Waals surface area contributed by atoms with E-state index in [4.69, 9.17) is 23.1 Å². The second kappa shape index (κ2) is 8.70. The quantitative estimate of drug-likeness (QED) is 0.439. The van der Waals surface area contributed by atoms with Crippen molar-refractivity contribution in [2.45, 2.75) is 38.4 Å². The zero-order valence-electron chi connectivity index (χ0n) is 11.4. The number of nitrogens with one attached hydrogen (secondary N) is 1. The molecule has 0 bridgehead atoms. The largest absolute Gasteiger partial charge is 0.370 e. The van der Waals surface area contributed by atoms with Gasteiger partial charge in [0, 0.05) is 6.42 Å². The summed E-state index contributed by atoms with van der Waals surface area (Å²) in [4.78, 5) is 33.9. The van der Waals surface area contributed by atoms with Gasteiger partial charge in [-0.3, -0.25) is 19.8 Å². The molecule has 0 heterocycles. The van der Waals surface area contributed by atoms with Crippen molar-refractivity contribution in [1.29, 1.82) is 0 Å². The molecule has 0 saturated carbocycles. The number of amides is 3.